The van der Waals surface area contributed by atoms with Crippen LogP contribution in [0.2, 0.25) is 0 Å². The summed E-state index contributed by atoms with van der Waals surface area (Å²) in [6.45, 7) is 6.28. The van der Waals surface area contributed by atoms with Crippen LogP contribution in [0.3, 0.4) is 0 Å². The molecule has 0 radical (unpaired) electrons. The first-order chi connectivity index (χ1) is 7.41. The molecule has 15 heavy (non-hydrogen) atoms. The Hall–Kier alpha value is -1.03. The van der Waals surface area contributed by atoms with Crippen molar-refractivity contribution in [1.29, 1.82) is 0 Å². The van der Waals surface area contributed by atoms with Crippen molar-refractivity contribution in [2.75, 3.05) is 13.2 Å². The summed E-state index contributed by atoms with van der Waals surface area (Å²) in [7, 11) is 0. The summed E-state index contributed by atoms with van der Waals surface area (Å²) in [5.74, 6) is 0. The third kappa shape index (κ3) is 13.0. The van der Waals surface area contributed by atoms with Gasteiger partial charge in [-0.05, 0) is 24.1 Å². The molecule has 0 aliphatic carbocycles. The van der Waals surface area contributed by atoms with Gasteiger partial charge in [0.1, 0.15) is 0 Å². The molecule has 0 fully saturated rings. The summed E-state index contributed by atoms with van der Waals surface area (Å²) in [5, 5.41) is 10.1. The third-order valence-corrected chi connectivity index (χ3v) is 1.69. The second-order valence-corrected chi connectivity index (χ2v) is 3.13. The molecule has 0 aliphatic heterocycles. The Labute approximate surface area is 92.1 Å². The predicted octanol–water partition coefficient (Wildman–Crippen LogP) is 2.47. The summed E-state index contributed by atoms with van der Waals surface area (Å²) in [6.07, 6.45) is 8.06. The molecule has 86 valence electrons. The second kappa shape index (κ2) is 13.0. The van der Waals surface area contributed by atoms with Crippen LogP contribution in [0.5, 0.6) is 0 Å². The van der Waals surface area contributed by atoms with Crippen molar-refractivity contribution in [2.45, 2.75) is 39.5 Å². The first kappa shape index (κ1) is 14.0. The molecule has 1 aromatic heterocycles. The van der Waals surface area contributed by atoms with E-state index in [1.165, 1.54) is 25.7 Å². The van der Waals surface area contributed by atoms with Gasteiger partial charge in [0, 0.05) is 13.2 Å². The Morgan fingerprint density at radius 2 is 1.47 bits per heavy atom. The molecule has 4 heteroatoms. The SMILES string of the molecule is CCCCOCCCC.c1cnnnc1. The molecule has 0 spiro atoms. The van der Waals surface area contributed by atoms with Gasteiger partial charge in [-0.2, -0.15) is 0 Å². The number of unbranched alkanes of at least 4 members (excludes halogenated alkanes) is 2. The highest BCUT2D eigenvalue weighted by Gasteiger charge is 1.84. The van der Waals surface area contributed by atoms with E-state index in [1.54, 1.807) is 18.5 Å². The van der Waals surface area contributed by atoms with Crippen LogP contribution in [-0.4, -0.2) is 28.6 Å². The van der Waals surface area contributed by atoms with Gasteiger partial charge < -0.3 is 4.74 Å². The lowest BCUT2D eigenvalue weighted by atomic mass is 10.3. The van der Waals surface area contributed by atoms with Gasteiger partial charge in [-0.1, -0.05) is 26.7 Å². The van der Waals surface area contributed by atoms with Crippen molar-refractivity contribution in [1.82, 2.24) is 15.4 Å². The van der Waals surface area contributed by atoms with E-state index in [0.717, 1.165) is 13.2 Å². The molecule has 0 saturated carbocycles. The summed E-state index contributed by atoms with van der Waals surface area (Å²) in [5.41, 5.74) is 0. The molecule has 1 aromatic rings. The van der Waals surface area contributed by atoms with Crippen LogP contribution in [0, 0.1) is 0 Å². The van der Waals surface area contributed by atoms with E-state index in [9.17, 15) is 0 Å². The maximum atomic E-state index is 5.31. The second-order valence-electron chi connectivity index (χ2n) is 3.13. The van der Waals surface area contributed by atoms with Crippen molar-refractivity contribution >= 4 is 0 Å². The average molecular weight is 211 g/mol. The molecule has 1 rings (SSSR count). The Balaban J connectivity index is 0.000000280. The molecule has 0 aromatic carbocycles. The van der Waals surface area contributed by atoms with Gasteiger partial charge in [-0.25, -0.2) is 0 Å². The van der Waals surface area contributed by atoms with Crippen LogP contribution < -0.4 is 0 Å². The third-order valence-electron chi connectivity index (χ3n) is 1.69. The van der Waals surface area contributed by atoms with Gasteiger partial charge in [0.25, 0.3) is 0 Å². The predicted molar refractivity (Wildman–Crippen MR) is 60.5 cm³/mol. The van der Waals surface area contributed by atoms with Crippen LogP contribution in [0.25, 0.3) is 0 Å². The van der Waals surface area contributed by atoms with Gasteiger partial charge in [-0.3, -0.25) is 0 Å². The Bertz CT molecular complexity index is 162. The normalized spacial score (nSPS) is 9.20. The van der Waals surface area contributed by atoms with E-state index < -0.39 is 0 Å². The molecule has 0 saturated heterocycles. The Morgan fingerprint density at radius 1 is 0.933 bits per heavy atom. The van der Waals surface area contributed by atoms with E-state index in [-0.39, 0.29) is 0 Å². The summed E-state index contributed by atoms with van der Waals surface area (Å²) in [4.78, 5) is 0. The number of nitrogens with zero attached hydrogens (tertiary/aromatic N) is 3. The Morgan fingerprint density at radius 3 is 1.73 bits per heavy atom. The van der Waals surface area contributed by atoms with Crippen molar-refractivity contribution in [2.24, 2.45) is 0 Å². The monoisotopic (exact) mass is 211 g/mol. The van der Waals surface area contributed by atoms with Gasteiger partial charge >= 0.3 is 0 Å². The minimum Gasteiger partial charge on any atom is -0.381 e. The lowest BCUT2D eigenvalue weighted by Gasteiger charge is -1.99. The van der Waals surface area contributed by atoms with Gasteiger partial charge in [0.05, 0.1) is 12.4 Å². The number of ether oxygens (including phenoxy) is 1. The molecular formula is C11H21N3O. The van der Waals surface area contributed by atoms with Crippen LogP contribution in [0.15, 0.2) is 18.5 Å². The topological polar surface area (TPSA) is 47.9 Å². The van der Waals surface area contributed by atoms with E-state index in [1.807, 2.05) is 0 Å². The maximum absolute atomic E-state index is 5.31. The van der Waals surface area contributed by atoms with Crippen LogP contribution >= 0.6 is 0 Å². The van der Waals surface area contributed by atoms with Crippen LogP contribution in [-0.2, 0) is 4.74 Å². The molecule has 0 amide bonds. The largest absolute Gasteiger partial charge is 0.381 e. The zero-order valence-electron chi connectivity index (χ0n) is 9.72. The number of hydrogen-bond donors (Lipinski definition) is 0. The zero-order valence-corrected chi connectivity index (χ0v) is 9.72. The molecule has 0 unspecified atom stereocenters. The fraction of sp³-hybridized carbons (Fsp3) is 0.727. The molecule has 0 N–H and O–H groups in total. The maximum Gasteiger partial charge on any atom is 0.0529 e. The molecule has 1 heterocycles. The fourth-order valence-electron chi connectivity index (χ4n) is 0.800. The Kier molecular flexibility index (Phi) is 12.1. The quantitative estimate of drug-likeness (QED) is 0.678. The molecular weight excluding hydrogens is 190 g/mol. The van der Waals surface area contributed by atoms with Gasteiger partial charge in [0.15, 0.2) is 0 Å². The van der Waals surface area contributed by atoms with Gasteiger partial charge in [0.2, 0.25) is 0 Å². The number of hydrogen-bond acceptors (Lipinski definition) is 4. The first-order valence-corrected chi connectivity index (χ1v) is 5.57. The average Bonchev–Trinajstić information content (AvgIpc) is 2.32. The molecule has 0 aliphatic rings. The fourth-order valence-corrected chi connectivity index (χ4v) is 0.800. The summed E-state index contributed by atoms with van der Waals surface area (Å²) in [6, 6.07) is 1.72. The van der Waals surface area contributed by atoms with Crippen LogP contribution in [0.1, 0.15) is 39.5 Å². The first-order valence-electron chi connectivity index (χ1n) is 5.57. The minimum absolute atomic E-state index is 0.955. The van der Waals surface area contributed by atoms with Crippen molar-refractivity contribution in [3.8, 4) is 0 Å². The highest BCUT2D eigenvalue weighted by atomic mass is 16.5. The summed E-state index contributed by atoms with van der Waals surface area (Å²) >= 11 is 0. The van der Waals surface area contributed by atoms with Gasteiger partial charge in [-0.15, -0.1) is 10.2 Å². The highest BCUT2D eigenvalue weighted by molar-refractivity contribution is 4.69. The molecule has 0 bridgehead atoms. The lowest BCUT2D eigenvalue weighted by Crippen LogP contribution is -1.95. The number of aromatic nitrogens is 3. The van der Waals surface area contributed by atoms with E-state index >= 15 is 0 Å². The lowest BCUT2D eigenvalue weighted by molar-refractivity contribution is 0.128. The minimum atomic E-state index is 0.955. The highest BCUT2D eigenvalue weighted by Crippen LogP contribution is 1.91. The van der Waals surface area contributed by atoms with E-state index in [4.69, 9.17) is 4.74 Å². The van der Waals surface area contributed by atoms with Crippen molar-refractivity contribution < 1.29 is 4.74 Å². The van der Waals surface area contributed by atoms with Crippen molar-refractivity contribution in [3.05, 3.63) is 18.5 Å². The van der Waals surface area contributed by atoms with E-state index in [2.05, 4.69) is 29.3 Å². The standard InChI is InChI=1S/C8H18O.C3H3N3/c1-3-5-7-9-8-6-4-2;1-2-4-6-5-3-1/h3-8H2,1-2H3;1-3H. The van der Waals surface area contributed by atoms with Crippen molar-refractivity contribution in [3.63, 3.8) is 0 Å². The van der Waals surface area contributed by atoms with Crippen LogP contribution in [0.4, 0.5) is 0 Å². The summed E-state index contributed by atoms with van der Waals surface area (Å²) < 4.78 is 5.31. The smallest absolute Gasteiger partial charge is 0.0529 e. The number of rotatable bonds is 6. The zero-order chi connectivity index (χ0) is 11.2. The van der Waals surface area contributed by atoms with E-state index in [0.29, 0.717) is 0 Å². The molecule has 4 nitrogen and oxygen atoms in total. The molecule has 0 atom stereocenters.